The molecule has 2 rings (SSSR count). The van der Waals surface area contributed by atoms with Crippen LogP contribution in [0.2, 0.25) is 0 Å². The summed E-state index contributed by atoms with van der Waals surface area (Å²) >= 11 is 12.0. The molecule has 1 atom stereocenters. The number of benzene rings is 1. The van der Waals surface area contributed by atoms with Crippen molar-refractivity contribution in [1.82, 2.24) is 0 Å². The number of esters is 1. The van der Waals surface area contributed by atoms with Gasteiger partial charge in [0.2, 0.25) is 0 Å². The third-order valence-corrected chi connectivity index (χ3v) is 3.99. The van der Waals surface area contributed by atoms with Crippen LogP contribution in [0, 0.1) is 0 Å². The molecule has 5 heteroatoms. The summed E-state index contributed by atoms with van der Waals surface area (Å²) in [6.45, 7) is 3.33. The Morgan fingerprint density at radius 1 is 1.32 bits per heavy atom. The fourth-order valence-electron chi connectivity index (χ4n) is 1.93. The highest BCUT2D eigenvalue weighted by Gasteiger charge is 2.52. The zero-order valence-electron chi connectivity index (χ0n) is 11.1. The van der Waals surface area contributed by atoms with Crippen molar-refractivity contribution in [3.8, 4) is 5.75 Å². The molecule has 0 saturated heterocycles. The Kier molecular flexibility index (Phi) is 3.72. The number of ether oxygens (including phenoxy) is 2. The molecule has 1 unspecified atom stereocenters. The van der Waals surface area contributed by atoms with Crippen LogP contribution in [0.5, 0.6) is 5.75 Å². The largest absolute Gasteiger partial charge is 0.476 e. The Hall–Kier alpha value is -0.930. The van der Waals surface area contributed by atoms with Gasteiger partial charge in [-0.15, -0.1) is 23.2 Å². The molecule has 0 aromatic heterocycles. The van der Waals surface area contributed by atoms with Crippen molar-refractivity contribution in [2.75, 3.05) is 7.11 Å². The number of hydrogen-bond donors (Lipinski definition) is 0. The molecule has 0 bridgehead atoms. The predicted molar refractivity (Wildman–Crippen MR) is 75.0 cm³/mol. The number of carbonyl (C=O) groups excluding carboxylic acids is 1. The van der Waals surface area contributed by atoms with Gasteiger partial charge in [0.25, 0.3) is 0 Å². The lowest BCUT2D eigenvalue weighted by molar-refractivity contribution is -0.156. The number of carbonyl (C=O) groups is 1. The van der Waals surface area contributed by atoms with Crippen LogP contribution in [0.1, 0.15) is 31.7 Å². The van der Waals surface area contributed by atoms with Crippen LogP contribution >= 0.6 is 23.2 Å². The standard InChI is InChI=1S/C14H16Cl2O3/c1-13(2,12(17)18-3)19-10-6-4-9(5-7-10)11-8-14(11,15)16/h4-7,11H,8H2,1-3H3. The van der Waals surface area contributed by atoms with Crippen LogP contribution in [-0.4, -0.2) is 23.0 Å². The first-order valence-electron chi connectivity index (χ1n) is 6.01. The van der Waals surface area contributed by atoms with E-state index in [1.807, 2.05) is 24.3 Å². The van der Waals surface area contributed by atoms with Crippen LogP contribution in [0.3, 0.4) is 0 Å². The first-order valence-corrected chi connectivity index (χ1v) is 6.77. The zero-order valence-corrected chi connectivity index (χ0v) is 12.6. The smallest absolute Gasteiger partial charge is 0.349 e. The lowest BCUT2D eigenvalue weighted by atomic mass is 10.1. The molecule has 0 radical (unpaired) electrons. The highest BCUT2D eigenvalue weighted by Crippen LogP contribution is 2.59. The highest BCUT2D eigenvalue weighted by atomic mass is 35.5. The fourth-order valence-corrected chi connectivity index (χ4v) is 2.49. The molecule has 1 aromatic carbocycles. The molecule has 1 aromatic rings. The molecule has 1 fully saturated rings. The topological polar surface area (TPSA) is 35.5 Å². The van der Waals surface area contributed by atoms with Crippen molar-refractivity contribution in [3.05, 3.63) is 29.8 Å². The fraction of sp³-hybridized carbons (Fsp3) is 0.500. The summed E-state index contributed by atoms with van der Waals surface area (Å²) in [4.78, 5) is 11.5. The van der Waals surface area contributed by atoms with Crippen molar-refractivity contribution in [2.24, 2.45) is 0 Å². The van der Waals surface area contributed by atoms with Crippen molar-refractivity contribution in [1.29, 1.82) is 0 Å². The van der Waals surface area contributed by atoms with Gasteiger partial charge in [-0.2, -0.15) is 0 Å². The summed E-state index contributed by atoms with van der Waals surface area (Å²) in [6.07, 6.45) is 0.768. The Balaban J connectivity index is 2.05. The number of hydrogen-bond acceptors (Lipinski definition) is 3. The van der Waals surface area contributed by atoms with Crippen LogP contribution in [0.25, 0.3) is 0 Å². The summed E-state index contributed by atoms with van der Waals surface area (Å²) in [7, 11) is 1.34. The Bertz CT molecular complexity index is 480. The Morgan fingerprint density at radius 2 is 1.84 bits per heavy atom. The minimum absolute atomic E-state index is 0.179. The van der Waals surface area contributed by atoms with Crippen LogP contribution < -0.4 is 4.74 Å². The van der Waals surface area contributed by atoms with E-state index < -0.39 is 15.9 Å². The highest BCUT2D eigenvalue weighted by molar-refractivity contribution is 6.51. The zero-order chi connectivity index (χ0) is 14.3. The van der Waals surface area contributed by atoms with Gasteiger partial charge in [0.1, 0.15) is 10.1 Å². The molecule has 3 nitrogen and oxygen atoms in total. The SMILES string of the molecule is COC(=O)C(C)(C)Oc1ccc(C2CC2(Cl)Cl)cc1. The maximum Gasteiger partial charge on any atom is 0.349 e. The molecule has 1 aliphatic rings. The van der Waals surface area contributed by atoms with E-state index in [2.05, 4.69) is 4.74 Å². The third kappa shape index (κ3) is 3.15. The van der Waals surface area contributed by atoms with Crippen molar-refractivity contribution in [2.45, 2.75) is 36.1 Å². The molecule has 0 N–H and O–H groups in total. The van der Waals surface area contributed by atoms with E-state index >= 15 is 0 Å². The van der Waals surface area contributed by atoms with E-state index in [4.69, 9.17) is 27.9 Å². The molecular weight excluding hydrogens is 287 g/mol. The number of alkyl halides is 2. The van der Waals surface area contributed by atoms with Crippen LogP contribution in [-0.2, 0) is 9.53 Å². The van der Waals surface area contributed by atoms with Gasteiger partial charge in [0, 0.05) is 5.92 Å². The van der Waals surface area contributed by atoms with Crippen LogP contribution in [0.15, 0.2) is 24.3 Å². The summed E-state index contributed by atoms with van der Waals surface area (Å²) in [5, 5.41) is 0. The Labute approximate surface area is 122 Å². The molecule has 0 spiro atoms. The molecule has 1 aliphatic carbocycles. The summed E-state index contributed by atoms with van der Waals surface area (Å²) in [6, 6.07) is 7.45. The molecule has 1 saturated carbocycles. The molecule has 0 aliphatic heterocycles. The second-order valence-electron chi connectivity index (χ2n) is 5.19. The maximum atomic E-state index is 11.5. The quantitative estimate of drug-likeness (QED) is 0.629. The van der Waals surface area contributed by atoms with Gasteiger partial charge in [-0.1, -0.05) is 12.1 Å². The maximum absolute atomic E-state index is 11.5. The summed E-state index contributed by atoms with van der Waals surface area (Å²) in [5.74, 6) is 0.368. The number of halogens is 2. The lowest BCUT2D eigenvalue weighted by Gasteiger charge is -2.23. The summed E-state index contributed by atoms with van der Waals surface area (Å²) in [5.41, 5.74) is 0.0618. The Morgan fingerprint density at radius 3 is 2.26 bits per heavy atom. The third-order valence-electron chi connectivity index (χ3n) is 3.16. The molecule has 19 heavy (non-hydrogen) atoms. The van der Waals surface area contributed by atoms with E-state index in [0.717, 1.165) is 12.0 Å². The van der Waals surface area contributed by atoms with Gasteiger partial charge in [-0.3, -0.25) is 0 Å². The van der Waals surface area contributed by atoms with Gasteiger partial charge >= 0.3 is 5.97 Å². The van der Waals surface area contributed by atoms with E-state index in [1.54, 1.807) is 13.8 Å². The van der Waals surface area contributed by atoms with Crippen LogP contribution in [0.4, 0.5) is 0 Å². The lowest BCUT2D eigenvalue weighted by Crippen LogP contribution is -2.39. The molecule has 104 valence electrons. The van der Waals surface area contributed by atoms with E-state index in [0.29, 0.717) is 5.75 Å². The second-order valence-corrected chi connectivity index (χ2v) is 6.73. The van der Waals surface area contributed by atoms with Crippen molar-refractivity contribution >= 4 is 29.2 Å². The first-order chi connectivity index (χ1) is 8.76. The predicted octanol–water partition coefficient (Wildman–Crippen LogP) is 3.68. The normalized spacial score (nSPS) is 20.8. The van der Waals surface area contributed by atoms with Gasteiger partial charge in [0.15, 0.2) is 5.60 Å². The van der Waals surface area contributed by atoms with Crippen molar-refractivity contribution in [3.63, 3.8) is 0 Å². The van der Waals surface area contributed by atoms with E-state index in [9.17, 15) is 4.79 Å². The number of rotatable bonds is 4. The monoisotopic (exact) mass is 302 g/mol. The van der Waals surface area contributed by atoms with Gasteiger partial charge in [-0.05, 0) is 38.0 Å². The molecule has 0 heterocycles. The van der Waals surface area contributed by atoms with E-state index in [1.165, 1.54) is 7.11 Å². The minimum atomic E-state index is -1.02. The van der Waals surface area contributed by atoms with Gasteiger partial charge in [-0.25, -0.2) is 4.79 Å². The van der Waals surface area contributed by atoms with Crippen molar-refractivity contribution < 1.29 is 14.3 Å². The average molecular weight is 303 g/mol. The first kappa shape index (κ1) is 14.5. The van der Waals surface area contributed by atoms with E-state index in [-0.39, 0.29) is 5.92 Å². The molecular formula is C14H16Cl2O3. The molecule has 0 amide bonds. The van der Waals surface area contributed by atoms with Gasteiger partial charge < -0.3 is 9.47 Å². The summed E-state index contributed by atoms with van der Waals surface area (Å²) < 4.78 is 9.68. The second kappa shape index (κ2) is 4.88. The minimum Gasteiger partial charge on any atom is -0.476 e. The van der Waals surface area contributed by atoms with Gasteiger partial charge in [0.05, 0.1) is 7.11 Å². The average Bonchev–Trinajstić information content (AvgIpc) is 2.98. The number of methoxy groups -OCH3 is 1.